The molecule has 9 N–H and O–H groups in total. The zero-order chi connectivity index (χ0) is 37.4. The first kappa shape index (κ1) is 36.6. The van der Waals surface area contributed by atoms with Crippen LogP contribution in [0, 0.1) is 5.82 Å². The van der Waals surface area contributed by atoms with Crippen molar-refractivity contribution in [1.29, 1.82) is 0 Å². The molecule has 0 bridgehead atoms. The first-order chi connectivity index (χ1) is 23.9. The topological polar surface area (TPSA) is 278 Å². The zero-order valence-corrected chi connectivity index (χ0v) is 27.4. The number of piperazine rings is 1. The maximum Gasteiger partial charge on any atom is 0.547 e. The van der Waals surface area contributed by atoms with Gasteiger partial charge in [-0.2, -0.15) is 8.42 Å². The maximum absolute atomic E-state index is 14.5. The Kier molecular flexibility index (Phi) is 10.3. The summed E-state index contributed by atoms with van der Waals surface area (Å²) in [6.07, 6.45) is -0.116. The molecule has 2 atom stereocenters. The Hall–Kier alpha value is -5.64. The van der Waals surface area contributed by atoms with Gasteiger partial charge in [-0.05, 0) is 35.7 Å². The van der Waals surface area contributed by atoms with Crippen molar-refractivity contribution in [1.82, 2.24) is 20.4 Å². The van der Waals surface area contributed by atoms with E-state index in [4.69, 9.17) is 21.4 Å². The first-order valence-corrected chi connectivity index (χ1v) is 16.6. The number of halogens is 2. The molecule has 1 saturated heterocycles. The number of fused-ring (bicyclic) bond motifs is 1. The normalized spacial score (nSPS) is 16.5. The Bertz CT molecular complexity index is 2070. The second-order valence-electron chi connectivity index (χ2n) is 11.3. The quantitative estimate of drug-likeness (QED) is 0.0814. The molecular formula is C29H27BClFN6O12S. The number of benzene rings is 3. The lowest BCUT2D eigenvalue weighted by Gasteiger charge is -2.34. The fourth-order valence-corrected chi connectivity index (χ4v) is 6.12. The van der Waals surface area contributed by atoms with E-state index in [0.29, 0.717) is 16.5 Å². The van der Waals surface area contributed by atoms with E-state index in [0.717, 1.165) is 11.0 Å². The van der Waals surface area contributed by atoms with Gasteiger partial charge in [-0.3, -0.25) is 24.0 Å². The fraction of sp³-hybridized carbons (Fsp3) is 0.207. The minimum absolute atomic E-state index is 0.0519. The molecule has 3 aromatic carbocycles. The van der Waals surface area contributed by atoms with E-state index >= 15 is 0 Å². The lowest BCUT2D eigenvalue weighted by molar-refractivity contribution is -0.154. The molecule has 2 heterocycles. The van der Waals surface area contributed by atoms with Crippen molar-refractivity contribution in [3.05, 3.63) is 81.6 Å². The summed E-state index contributed by atoms with van der Waals surface area (Å²) in [4.78, 5) is 66.2. The standard InChI is InChI=1S/C29H27BClFN6O12S/c31-21-17(18(32)11-19(39)23(21)40)12-37-7-8-38(27(43)26(37)42)29(46)35-22(13-3-1-5-15(9-13)36-51(33,48)49)25(41)34-20-10-14-4-2-6-16(28(44)45)24(14)50-30(20)47/h1-6,9,11,20,22,36,39-40,47H,7-8,10,12H2,(H,34,41)(H,35,46)(H,44,45)(H2,33,48,49)/t20-,22?/m0/s1. The number of nitrogens with one attached hydrogen (secondary N) is 3. The molecule has 22 heteroatoms. The number of rotatable bonds is 9. The average molecular weight is 749 g/mol. The fourth-order valence-electron chi connectivity index (χ4n) is 5.42. The predicted molar refractivity (Wildman–Crippen MR) is 174 cm³/mol. The summed E-state index contributed by atoms with van der Waals surface area (Å²) >= 11 is 5.92. The molecule has 5 amide bonds. The summed E-state index contributed by atoms with van der Waals surface area (Å²) in [6.45, 7) is -1.42. The highest BCUT2D eigenvalue weighted by Gasteiger charge is 2.41. The van der Waals surface area contributed by atoms with Crippen molar-refractivity contribution >= 4 is 64.3 Å². The molecule has 2 aliphatic rings. The smallest absolute Gasteiger partial charge is 0.534 e. The number of phenolic OH excluding ortho intramolecular Hbond substituents is 2. The minimum Gasteiger partial charge on any atom is -0.534 e. The molecule has 1 fully saturated rings. The average Bonchev–Trinajstić information content (AvgIpc) is 3.05. The second kappa shape index (κ2) is 14.3. The number of nitrogens with two attached hydrogens (primary N) is 1. The van der Waals surface area contributed by atoms with Gasteiger partial charge in [0.15, 0.2) is 11.5 Å². The van der Waals surface area contributed by atoms with Crippen LogP contribution >= 0.6 is 11.6 Å². The summed E-state index contributed by atoms with van der Waals surface area (Å²) in [7, 11) is -6.04. The number of carbonyl (C=O) groups is 5. The van der Waals surface area contributed by atoms with Gasteiger partial charge in [0.2, 0.25) is 5.91 Å². The largest absolute Gasteiger partial charge is 0.547 e. The van der Waals surface area contributed by atoms with Gasteiger partial charge in [0, 0.05) is 24.7 Å². The van der Waals surface area contributed by atoms with Crippen molar-refractivity contribution in [2.24, 2.45) is 5.14 Å². The van der Waals surface area contributed by atoms with Crippen molar-refractivity contribution in [2.75, 3.05) is 17.8 Å². The van der Waals surface area contributed by atoms with E-state index in [1.165, 1.54) is 36.4 Å². The number of imide groups is 1. The number of hydrogen-bond acceptors (Lipinski definition) is 11. The van der Waals surface area contributed by atoms with Crippen LogP contribution in [-0.2, 0) is 37.6 Å². The van der Waals surface area contributed by atoms with Gasteiger partial charge in [0.25, 0.3) is 10.2 Å². The number of para-hydroxylation sites is 1. The lowest BCUT2D eigenvalue weighted by Crippen LogP contribution is -2.60. The van der Waals surface area contributed by atoms with E-state index in [-0.39, 0.29) is 35.5 Å². The van der Waals surface area contributed by atoms with E-state index in [2.05, 4.69) is 10.6 Å². The number of anilines is 1. The summed E-state index contributed by atoms with van der Waals surface area (Å²) < 4.78 is 45.2. The van der Waals surface area contributed by atoms with Gasteiger partial charge in [-0.15, -0.1) is 0 Å². The van der Waals surface area contributed by atoms with Crippen LogP contribution in [0.25, 0.3) is 0 Å². The Labute approximate surface area is 292 Å². The summed E-state index contributed by atoms with van der Waals surface area (Å²) in [5.41, 5.74) is -0.481. The molecule has 0 saturated carbocycles. The van der Waals surface area contributed by atoms with Crippen molar-refractivity contribution in [2.45, 2.75) is 24.9 Å². The van der Waals surface area contributed by atoms with Crippen LogP contribution in [0.2, 0.25) is 5.02 Å². The van der Waals surface area contributed by atoms with Crippen LogP contribution in [0.15, 0.2) is 48.5 Å². The molecule has 18 nitrogen and oxygen atoms in total. The molecule has 268 valence electrons. The molecule has 3 aromatic rings. The SMILES string of the molecule is NS(=O)(=O)Nc1cccc(C(NC(=O)N2CCN(Cc3c(F)cc(O)c(O)c3Cl)C(=O)C2=O)C(=O)N[C@H]2Cc3cccc(C(=O)O)c3OB2O)c1. The number of aromatic carboxylic acids is 1. The Balaban J connectivity index is 1.37. The predicted octanol–water partition coefficient (Wildman–Crippen LogP) is -0.0348. The van der Waals surface area contributed by atoms with Crippen molar-refractivity contribution < 1.29 is 61.8 Å². The zero-order valence-electron chi connectivity index (χ0n) is 25.9. The van der Waals surface area contributed by atoms with E-state index in [1.807, 2.05) is 4.72 Å². The number of carboxylic acid groups (broad SMARTS) is 1. The van der Waals surface area contributed by atoms with Gasteiger partial charge in [-0.25, -0.2) is 19.1 Å². The van der Waals surface area contributed by atoms with Crippen LogP contribution in [0.3, 0.4) is 0 Å². The van der Waals surface area contributed by atoms with Gasteiger partial charge >= 0.3 is 30.9 Å². The lowest BCUT2D eigenvalue weighted by atomic mass is 9.72. The number of aromatic hydroxyl groups is 2. The molecule has 1 unspecified atom stereocenters. The molecular weight excluding hydrogens is 722 g/mol. The monoisotopic (exact) mass is 748 g/mol. The number of hydrogen-bond donors (Lipinski definition) is 8. The minimum atomic E-state index is -4.28. The molecule has 0 spiro atoms. The summed E-state index contributed by atoms with van der Waals surface area (Å²) in [5, 5.41) is 48.9. The maximum atomic E-state index is 14.5. The number of nitrogens with zero attached hydrogens (tertiary/aromatic N) is 2. The molecule has 0 radical (unpaired) electrons. The summed E-state index contributed by atoms with van der Waals surface area (Å²) in [5.74, 6) is -9.07. The van der Waals surface area contributed by atoms with Crippen molar-refractivity contribution in [3.63, 3.8) is 0 Å². The van der Waals surface area contributed by atoms with Gasteiger partial charge in [-0.1, -0.05) is 35.9 Å². The van der Waals surface area contributed by atoms with Crippen molar-refractivity contribution in [3.8, 4) is 17.2 Å². The Morgan fingerprint density at radius 2 is 1.80 bits per heavy atom. The van der Waals surface area contributed by atoms with Gasteiger partial charge < -0.3 is 40.5 Å². The molecule has 0 aliphatic carbocycles. The van der Waals surface area contributed by atoms with E-state index in [1.54, 1.807) is 0 Å². The third kappa shape index (κ3) is 7.90. The second-order valence-corrected chi connectivity index (χ2v) is 13.0. The Morgan fingerprint density at radius 3 is 2.49 bits per heavy atom. The van der Waals surface area contributed by atoms with Crippen LogP contribution in [0.5, 0.6) is 17.2 Å². The number of amides is 5. The van der Waals surface area contributed by atoms with Crippen LogP contribution in [0.4, 0.5) is 14.9 Å². The first-order valence-electron chi connectivity index (χ1n) is 14.7. The van der Waals surface area contributed by atoms with Gasteiger partial charge in [0.1, 0.15) is 17.6 Å². The van der Waals surface area contributed by atoms with Crippen LogP contribution < -0.4 is 25.1 Å². The van der Waals surface area contributed by atoms with Gasteiger partial charge in [0.05, 0.1) is 28.8 Å². The summed E-state index contributed by atoms with van der Waals surface area (Å²) in [6, 6.07) is 6.88. The van der Waals surface area contributed by atoms with E-state index in [9.17, 15) is 57.1 Å². The third-order valence-corrected chi connectivity index (χ3v) is 8.78. The van der Waals surface area contributed by atoms with E-state index < -0.39 is 100 Å². The van der Waals surface area contributed by atoms with Crippen LogP contribution in [0.1, 0.15) is 33.1 Å². The third-order valence-electron chi connectivity index (χ3n) is 7.86. The number of carboxylic acids is 1. The number of phenols is 2. The Morgan fingerprint density at radius 1 is 1.10 bits per heavy atom. The highest BCUT2D eigenvalue weighted by atomic mass is 35.5. The molecule has 51 heavy (non-hydrogen) atoms. The molecule has 5 rings (SSSR count). The molecule has 0 aromatic heterocycles. The highest BCUT2D eigenvalue weighted by molar-refractivity contribution is 7.90. The highest BCUT2D eigenvalue weighted by Crippen LogP contribution is 2.38. The van der Waals surface area contributed by atoms with Crippen LogP contribution in [-0.4, -0.2) is 94.4 Å². The number of carbonyl (C=O) groups excluding carboxylic acids is 4. The number of urea groups is 1. The molecule has 2 aliphatic heterocycles.